The zero-order valence-corrected chi connectivity index (χ0v) is 10.9. The normalized spacial score (nSPS) is 24.7. The van der Waals surface area contributed by atoms with Gasteiger partial charge in [0.25, 0.3) is 0 Å². The minimum atomic E-state index is -4.17. The lowest BCUT2D eigenvalue weighted by molar-refractivity contribution is -0.153. The number of halogens is 3. The summed E-state index contributed by atoms with van der Waals surface area (Å²) in [7, 11) is 0. The predicted molar refractivity (Wildman–Crippen MR) is 64.5 cm³/mol. The SMILES string of the molecule is NC1(C(=O)N2CCN(CC(F)(F)F)CC2)CCCC1. The van der Waals surface area contributed by atoms with E-state index in [1.165, 1.54) is 4.90 Å². The van der Waals surface area contributed by atoms with Crippen molar-refractivity contribution in [2.75, 3.05) is 32.7 Å². The topological polar surface area (TPSA) is 49.6 Å². The van der Waals surface area contributed by atoms with Gasteiger partial charge >= 0.3 is 6.18 Å². The van der Waals surface area contributed by atoms with Crippen LogP contribution in [0.4, 0.5) is 13.2 Å². The van der Waals surface area contributed by atoms with Crippen molar-refractivity contribution in [2.24, 2.45) is 5.73 Å². The standard InChI is InChI=1S/C12H20F3N3O/c13-12(14,15)9-17-5-7-18(8-6-17)10(19)11(16)3-1-2-4-11/h1-9,16H2. The van der Waals surface area contributed by atoms with E-state index in [2.05, 4.69) is 0 Å². The third kappa shape index (κ3) is 3.60. The Labute approximate surface area is 110 Å². The summed E-state index contributed by atoms with van der Waals surface area (Å²) in [5.41, 5.74) is 5.31. The van der Waals surface area contributed by atoms with E-state index in [0.29, 0.717) is 25.9 Å². The van der Waals surface area contributed by atoms with Gasteiger partial charge in [0.05, 0.1) is 12.1 Å². The molecule has 1 aliphatic heterocycles. The van der Waals surface area contributed by atoms with E-state index in [-0.39, 0.29) is 19.0 Å². The molecule has 1 aliphatic carbocycles. The molecule has 0 aromatic carbocycles. The molecule has 110 valence electrons. The Morgan fingerprint density at radius 2 is 1.63 bits per heavy atom. The summed E-state index contributed by atoms with van der Waals surface area (Å²) in [4.78, 5) is 15.2. The van der Waals surface area contributed by atoms with Crippen molar-refractivity contribution in [2.45, 2.75) is 37.4 Å². The number of carbonyl (C=O) groups excluding carboxylic acids is 1. The Balaban J connectivity index is 1.84. The van der Waals surface area contributed by atoms with Crippen LogP contribution in [-0.2, 0) is 4.79 Å². The molecule has 4 nitrogen and oxygen atoms in total. The lowest BCUT2D eigenvalue weighted by atomic mass is 9.97. The number of hydrogen-bond donors (Lipinski definition) is 1. The maximum Gasteiger partial charge on any atom is 0.401 e. The molecule has 2 fully saturated rings. The third-order valence-corrected chi connectivity index (χ3v) is 3.98. The largest absolute Gasteiger partial charge is 0.401 e. The number of hydrogen-bond acceptors (Lipinski definition) is 3. The van der Waals surface area contributed by atoms with Crippen molar-refractivity contribution < 1.29 is 18.0 Å². The molecule has 2 N–H and O–H groups in total. The van der Waals surface area contributed by atoms with Crippen LogP contribution in [0, 0.1) is 0 Å². The third-order valence-electron chi connectivity index (χ3n) is 3.98. The highest BCUT2D eigenvalue weighted by atomic mass is 19.4. The van der Waals surface area contributed by atoms with E-state index < -0.39 is 18.3 Å². The highest BCUT2D eigenvalue weighted by Crippen LogP contribution is 2.29. The minimum absolute atomic E-state index is 0.0864. The van der Waals surface area contributed by atoms with Gasteiger partial charge in [0.2, 0.25) is 5.91 Å². The first-order chi connectivity index (χ1) is 8.80. The van der Waals surface area contributed by atoms with Crippen LogP contribution in [0.5, 0.6) is 0 Å². The fourth-order valence-corrected chi connectivity index (χ4v) is 2.90. The van der Waals surface area contributed by atoms with Crippen molar-refractivity contribution in [1.82, 2.24) is 9.80 Å². The van der Waals surface area contributed by atoms with Crippen molar-refractivity contribution in [3.05, 3.63) is 0 Å². The number of rotatable bonds is 2. The maximum absolute atomic E-state index is 12.3. The van der Waals surface area contributed by atoms with Gasteiger partial charge in [-0.05, 0) is 12.8 Å². The summed E-state index contributed by atoms with van der Waals surface area (Å²) in [6, 6.07) is 0. The molecule has 0 bridgehead atoms. The van der Waals surface area contributed by atoms with Crippen LogP contribution in [0.2, 0.25) is 0 Å². The molecule has 1 saturated carbocycles. The van der Waals surface area contributed by atoms with Gasteiger partial charge in [0.15, 0.2) is 0 Å². The van der Waals surface area contributed by atoms with E-state index in [4.69, 9.17) is 5.73 Å². The molecule has 0 spiro atoms. The van der Waals surface area contributed by atoms with Gasteiger partial charge in [0.1, 0.15) is 0 Å². The Bertz CT molecular complexity index is 332. The van der Waals surface area contributed by atoms with Crippen LogP contribution in [0.3, 0.4) is 0 Å². The average Bonchev–Trinajstić information content (AvgIpc) is 2.75. The molecule has 7 heteroatoms. The monoisotopic (exact) mass is 279 g/mol. The van der Waals surface area contributed by atoms with Crippen LogP contribution in [0.1, 0.15) is 25.7 Å². The lowest BCUT2D eigenvalue weighted by Crippen LogP contribution is -2.59. The number of piperazine rings is 1. The van der Waals surface area contributed by atoms with Gasteiger partial charge in [-0.25, -0.2) is 0 Å². The molecule has 0 aromatic rings. The highest BCUT2D eigenvalue weighted by Gasteiger charge is 2.41. The summed E-state index contributed by atoms with van der Waals surface area (Å²) in [6.07, 6.45) is -0.886. The van der Waals surface area contributed by atoms with Gasteiger partial charge in [-0.3, -0.25) is 9.69 Å². The second-order valence-electron chi connectivity index (χ2n) is 5.55. The molecule has 1 amide bonds. The molecule has 1 heterocycles. The van der Waals surface area contributed by atoms with Crippen molar-refractivity contribution in [1.29, 1.82) is 0 Å². The molecule has 0 unspecified atom stereocenters. The second-order valence-corrected chi connectivity index (χ2v) is 5.55. The quantitative estimate of drug-likeness (QED) is 0.819. The molecule has 19 heavy (non-hydrogen) atoms. The van der Waals surface area contributed by atoms with Crippen LogP contribution in [-0.4, -0.2) is 60.1 Å². The summed E-state index contributed by atoms with van der Waals surface area (Å²) in [5.74, 6) is -0.0864. The Hall–Kier alpha value is -0.820. The molecular weight excluding hydrogens is 259 g/mol. The van der Waals surface area contributed by atoms with Gasteiger partial charge in [-0.15, -0.1) is 0 Å². The van der Waals surface area contributed by atoms with E-state index in [1.54, 1.807) is 4.90 Å². The number of carbonyl (C=O) groups is 1. The smallest absolute Gasteiger partial charge is 0.339 e. The minimum Gasteiger partial charge on any atom is -0.339 e. The number of alkyl halides is 3. The molecule has 2 rings (SSSR count). The number of nitrogens with two attached hydrogens (primary N) is 1. The maximum atomic E-state index is 12.3. The number of amides is 1. The second kappa shape index (κ2) is 5.28. The van der Waals surface area contributed by atoms with Crippen LogP contribution < -0.4 is 5.73 Å². The van der Waals surface area contributed by atoms with E-state index in [9.17, 15) is 18.0 Å². The van der Waals surface area contributed by atoms with Crippen LogP contribution >= 0.6 is 0 Å². The van der Waals surface area contributed by atoms with E-state index >= 15 is 0 Å². The molecule has 1 saturated heterocycles. The fraction of sp³-hybridized carbons (Fsp3) is 0.917. The van der Waals surface area contributed by atoms with Crippen molar-refractivity contribution in [3.8, 4) is 0 Å². The number of nitrogens with zero attached hydrogens (tertiary/aromatic N) is 2. The summed E-state index contributed by atoms with van der Waals surface area (Å²) in [5, 5.41) is 0. The summed E-state index contributed by atoms with van der Waals surface area (Å²) in [6.45, 7) is 0.313. The molecule has 2 aliphatic rings. The molecule has 0 aromatic heterocycles. The molecular formula is C12H20F3N3O. The summed E-state index contributed by atoms with van der Waals surface area (Å²) >= 11 is 0. The predicted octanol–water partition coefficient (Wildman–Crippen LogP) is 0.964. The average molecular weight is 279 g/mol. The first-order valence-electron chi connectivity index (χ1n) is 6.68. The molecule has 0 atom stereocenters. The Morgan fingerprint density at radius 3 is 2.11 bits per heavy atom. The van der Waals surface area contributed by atoms with Gasteiger partial charge in [0, 0.05) is 26.2 Å². The zero-order valence-electron chi connectivity index (χ0n) is 10.9. The summed E-state index contributed by atoms with van der Waals surface area (Å²) < 4.78 is 36.8. The van der Waals surface area contributed by atoms with Gasteiger partial charge in [-0.1, -0.05) is 12.8 Å². The first-order valence-corrected chi connectivity index (χ1v) is 6.68. The van der Waals surface area contributed by atoms with E-state index in [0.717, 1.165) is 12.8 Å². The Kier molecular flexibility index (Phi) is 4.06. The van der Waals surface area contributed by atoms with Gasteiger partial charge in [-0.2, -0.15) is 13.2 Å². The van der Waals surface area contributed by atoms with E-state index in [1.807, 2.05) is 0 Å². The van der Waals surface area contributed by atoms with Crippen LogP contribution in [0.15, 0.2) is 0 Å². The first kappa shape index (κ1) is 14.6. The lowest BCUT2D eigenvalue weighted by Gasteiger charge is -2.38. The zero-order chi connectivity index (χ0) is 14.1. The van der Waals surface area contributed by atoms with Crippen LogP contribution in [0.25, 0.3) is 0 Å². The molecule has 0 radical (unpaired) electrons. The van der Waals surface area contributed by atoms with Gasteiger partial charge < -0.3 is 10.6 Å². The Morgan fingerprint density at radius 1 is 1.11 bits per heavy atom. The van der Waals surface area contributed by atoms with Crippen molar-refractivity contribution >= 4 is 5.91 Å². The highest BCUT2D eigenvalue weighted by molar-refractivity contribution is 5.86. The fourth-order valence-electron chi connectivity index (χ4n) is 2.90. The van der Waals surface area contributed by atoms with Crippen molar-refractivity contribution in [3.63, 3.8) is 0 Å².